The molecule has 0 saturated heterocycles. The standard InChI is InChI=1S/C11H11Cl2N3O/c12-8-5-6-9-11(10(8)13)14-15-16(9)17-7-3-1-2-4-7/h5-7H,1-4H2. The van der Waals surface area contributed by atoms with Gasteiger partial charge in [0, 0.05) is 0 Å². The lowest BCUT2D eigenvalue weighted by atomic mass is 10.3. The molecule has 0 bridgehead atoms. The van der Waals surface area contributed by atoms with Gasteiger partial charge in [0.1, 0.15) is 17.1 Å². The maximum absolute atomic E-state index is 6.05. The Bertz CT molecular complexity index is 549. The predicted molar refractivity (Wildman–Crippen MR) is 66.4 cm³/mol. The molecule has 1 aliphatic carbocycles. The van der Waals surface area contributed by atoms with E-state index in [1.165, 1.54) is 17.7 Å². The van der Waals surface area contributed by atoms with E-state index < -0.39 is 0 Å². The van der Waals surface area contributed by atoms with Crippen molar-refractivity contribution in [2.75, 3.05) is 0 Å². The van der Waals surface area contributed by atoms with Crippen molar-refractivity contribution >= 4 is 34.2 Å². The molecule has 0 unspecified atom stereocenters. The van der Waals surface area contributed by atoms with E-state index in [1.54, 1.807) is 6.07 Å². The van der Waals surface area contributed by atoms with E-state index in [0.717, 1.165) is 18.4 Å². The average Bonchev–Trinajstić information content (AvgIpc) is 2.95. The van der Waals surface area contributed by atoms with Gasteiger partial charge in [0.15, 0.2) is 0 Å². The molecular weight excluding hydrogens is 261 g/mol. The van der Waals surface area contributed by atoms with Crippen LogP contribution in [0.3, 0.4) is 0 Å². The van der Waals surface area contributed by atoms with E-state index in [-0.39, 0.29) is 6.10 Å². The first-order chi connectivity index (χ1) is 8.25. The van der Waals surface area contributed by atoms with Crippen LogP contribution in [0.1, 0.15) is 25.7 Å². The molecule has 1 fully saturated rings. The first kappa shape index (κ1) is 11.1. The second kappa shape index (κ2) is 4.35. The summed E-state index contributed by atoms with van der Waals surface area (Å²) >= 11 is 12.0. The van der Waals surface area contributed by atoms with Crippen LogP contribution in [0.4, 0.5) is 0 Å². The molecule has 1 aliphatic rings. The molecule has 0 N–H and O–H groups in total. The van der Waals surface area contributed by atoms with Crippen molar-refractivity contribution in [1.29, 1.82) is 0 Å². The van der Waals surface area contributed by atoms with Crippen LogP contribution in [-0.2, 0) is 0 Å². The van der Waals surface area contributed by atoms with Crippen LogP contribution in [-0.4, -0.2) is 21.3 Å². The molecule has 4 nitrogen and oxygen atoms in total. The highest BCUT2D eigenvalue weighted by Crippen LogP contribution is 2.29. The van der Waals surface area contributed by atoms with Crippen LogP contribution < -0.4 is 4.84 Å². The van der Waals surface area contributed by atoms with Gasteiger partial charge in [-0.15, -0.1) is 5.10 Å². The van der Waals surface area contributed by atoms with Gasteiger partial charge in [0.05, 0.1) is 10.0 Å². The van der Waals surface area contributed by atoms with Gasteiger partial charge in [-0.05, 0) is 43.0 Å². The van der Waals surface area contributed by atoms with E-state index in [2.05, 4.69) is 10.3 Å². The molecule has 1 heterocycles. The van der Waals surface area contributed by atoms with Crippen molar-refractivity contribution in [3.63, 3.8) is 0 Å². The number of halogens is 2. The number of nitrogens with zero attached hydrogens (tertiary/aromatic N) is 3. The topological polar surface area (TPSA) is 39.9 Å². The minimum Gasteiger partial charge on any atom is -0.392 e. The van der Waals surface area contributed by atoms with Gasteiger partial charge in [-0.1, -0.05) is 28.0 Å². The van der Waals surface area contributed by atoms with E-state index in [9.17, 15) is 0 Å². The Morgan fingerprint density at radius 2 is 2.00 bits per heavy atom. The molecule has 3 rings (SSSR count). The Morgan fingerprint density at radius 3 is 2.76 bits per heavy atom. The zero-order chi connectivity index (χ0) is 11.8. The molecule has 0 aliphatic heterocycles. The van der Waals surface area contributed by atoms with E-state index in [1.807, 2.05) is 6.07 Å². The first-order valence-electron chi connectivity index (χ1n) is 5.62. The normalized spacial score (nSPS) is 16.8. The van der Waals surface area contributed by atoms with Gasteiger partial charge in [-0.2, -0.15) is 0 Å². The molecule has 90 valence electrons. The molecule has 6 heteroatoms. The summed E-state index contributed by atoms with van der Waals surface area (Å²) < 4.78 is 0. The third-order valence-electron chi connectivity index (χ3n) is 3.03. The maximum atomic E-state index is 6.05. The van der Waals surface area contributed by atoms with E-state index in [4.69, 9.17) is 28.0 Å². The van der Waals surface area contributed by atoms with Gasteiger partial charge in [-0.3, -0.25) is 0 Å². The lowest BCUT2D eigenvalue weighted by Crippen LogP contribution is -2.23. The summed E-state index contributed by atoms with van der Waals surface area (Å²) in [7, 11) is 0. The number of benzene rings is 1. The summed E-state index contributed by atoms with van der Waals surface area (Å²) in [5, 5.41) is 8.86. The van der Waals surface area contributed by atoms with Crippen LogP contribution >= 0.6 is 23.2 Å². The second-order valence-electron chi connectivity index (χ2n) is 4.20. The summed E-state index contributed by atoms with van der Waals surface area (Å²) in [4.78, 5) is 7.22. The number of rotatable bonds is 2. The van der Waals surface area contributed by atoms with Gasteiger partial charge < -0.3 is 4.84 Å². The lowest BCUT2D eigenvalue weighted by molar-refractivity contribution is 0.0239. The van der Waals surface area contributed by atoms with Crippen molar-refractivity contribution in [2.24, 2.45) is 0 Å². The highest BCUT2D eigenvalue weighted by Gasteiger charge is 2.19. The van der Waals surface area contributed by atoms with Crippen molar-refractivity contribution in [3.05, 3.63) is 22.2 Å². The average molecular weight is 272 g/mol. The van der Waals surface area contributed by atoms with Crippen LogP contribution in [0.2, 0.25) is 10.0 Å². The van der Waals surface area contributed by atoms with Crippen LogP contribution in [0.25, 0.3) is 11.0 Å². The number of aromatic nitrogens is 3. The second-order valence-corrected chi connectivity index (χ2v) is 4.99. The molecule has 2 aromatic rings. The fourth-order valence-corrected chi connectivity index (χ4v) is 2.48. The molecule has 1 aromatic heterocycles. The molecule has 0 radical (unpaired) electrons. The summed E-state index contributed by atoms with van der Waals surface area (Å²) in [6.45, 7) is 0. The maximum Gasteiger partial charge on any atom is 0.137 e. The Hall–Kier alpha value is -1.00. The molecule has 0 spiro atoms. The zero-order valence-corrected chi connectivity index (χ0v) is 10.6. The number of fused-ring (bicyclic) bond motifs is 1. The largest absolute Gasteiger partial charge is 0.392 e. The quantitative estimate of drug-likeness (QED) is 0.843. The Labute approximate surface area is 108 Å². The van der Waals surface area contributed by atoms with Crippen molar-refractivity contribution in [2.45, 2.75) is 31.8 Å². The summed E-state index contributed by atoms with van der Waals surface area (Å²) in [6, 6.07) is 3.54. The molecular formula is C11H11Cl2N3O. The first-order valence-corrected chi connectivity index (χ1v) is 6.38. The van der Waals surface area contributed by atoms with Crippen molar-refractivity contribution in [1.82, 2.24) is 15.2 Å². The highest BCUT2D eigenvalue weighted by atomic mass is 35.5. The molecule has 1 saturated carbocycles. The predicted octanol–water partition coefficient (Wildman–Crippen LogP) is 3.11. The van der Waals surface area contributed by atoms with Crippen LogP contribution in [0.15, 0.2) is 12.1 Å². The van der Waals surface area contributed by atoms with Crippen molar-refractivity contribution < 1.29 is 4.84 Å². The fourth-order valence-electron chi connectivity index (χ4n) is 2.13. The third-order valence-corrected chi connectivity index (χ3v) is 3.83. The van der Waals surface area contributed by atoms with E-state index >= 15 is 0 Å². The van der Waals surface area contributed by atoms with Gasteiger partial charge in [-0.25, -0.2) is 0 Å². The SMILES string of the molecule is Clc1ccc2c(nnn2OC2CCCC2)c1Cl. The molecule has 1 aromatic carbocycles. The summed E-state index contributed by atoms with van der Waals surface area (Å²) in [5.41, 5.74) is 1.34. The third kappa shape index (κ3) is 1.96. The highest BCUT2D eigenvalue weighted by molar-refractivity contribution is 6.44. The van der Waals surface area contributed by atoms with Gasteiger partial charge >= 0.3 is 0 Å². The zero-order valence-electron chi connectivity index (χ0n) is 9.07. The van der Waals surface area contributed by atoms with Gasteiger partial charge in [0.2, 0.25) is 0 Å². The summed E-state index contributed by atoms with van der Waals surface area (Å²) in [6.07, 6.45) is 4.80. The molecule has 0 amide bonds. The van der Waals surface area contributed by atoms with Crippen LogP contribution in [0.5, 0.6) is 0 Å². The van der Waals surface area contributed by atoms with Crippen molar-refractivity contribution in [3.8, 4) is 0 Å². The monoisotopic (exact) mass is 271 g/mol. The number of hydrogen-bond acceptors (Lipinski definition) is 3. The number of hydrogen-bond donors (Lipinski definition) is 0. The molecule has 17 heavy (non-hydrogen) atoms. The Balaban J connectivity index is 1.97. The minimum atomic E-state index is 0.231. The summed E-state index contributed by atoms with van der Waals surface area (Å²) in [5.74, 6) is 0. The van der Waals surface area contributed by atoms with Crippen LogP contribution in [0, 0.1) is 0 Å². The molecule has 0 atom stereocenters. The smallest absolute Gasteiger partial charge is 0.137 e. The Kier molecular flexibility index (Phi) is 2.84. The lowest BCUT2D eigenvalue weighted by Gasteiger charge is -2.11. The van der Waals surface area contributed by atoms with Gasteiger partial charge in [0.25, 0.3) is 0 Å². The van der Waals surface area contributed by atoms with E-state index in [0.29, 0.717) is 15.6 Å². The Morgan fingerprint density at radius 1 is 1.24 bits per heavy atom. The fraction of sp³-hybridized carbons (Fsp3) is 0.455. The minimum absolute atomic E-state index is 0.231.